The zero-order valence-electron chi connectivity index (χ0n) is 16.9. The molecule has 2 aliphatic heterocycles. The van der Waals surface area contributed by atoms with Crippen molar-refractivity contribution in [3.05, 3.63) is 82.4 Å². The molecule has 182 valence electrons. The second-order valence-electron chi connectivity index (χ2n) is 7.43. The minimum atomic E-state index is -5.51. The highest BCUT2D eigenvalue weighted by molar-refractivity contribution is 7.60. The lowest BCUT2D eigenvalue weighted by Crippen LogP contribution is -2.33. The van der Waals surface area contributed by atoms with Gasteiger partial charge in [0, 0.05) is 17.7 Å². The fraction of sp³-hybridized carbons (Fsp3) is 0.0500. The first-order chi connectivity index (χ1) is 16.3. The third-order valence-electron chi connectivity index (χ3n) is 5.26. The topological polar surface area (TPSA) is 169 Å². The highest BCUT2D eigenvalue weighted by Crippen LogP contribution is 2.60. The van der Waals surface area contributed by atoms with E-state index in [4.69, 9.17) is 19.3 Å². The first-order valence-corrected chi connectivity index (χ1v) is 12.5. The Morgan fingerprint density at radius 1 is 0.886 bits per heavy atom. The van der Waals surface area contributed by atoms with Gasteiger partial charge in [-0.15, -0.1) is 0 Å². The number of rotatable bonds is 4. The van der Waals surface area contributed by atoms with Gasteiger partial charge in [0.2, 0.25) is 0 Å². The number of esters is 1. The number of aromatic hydroxyl groups is 1. The van der Waals surface area contributed by atoms with Crippen LogP contribution in [0.3, 0.4) is 0 Å². The van der Waals surface area contributed by atoms with Gasteiger partial charge in [-0.3, -0.25) is 4.89 Å². The quantitative estimate of drug-likeness (QED) is 0.287. The van der Waals surface area contributed by atoms with Gasteiger partial charge in [0.15, 0.2) is 28.7 Å². The highest BCUT2D eigenvalue weighted by atomic mass is 31.3. The second-order valence-corrected chi connectivity index (χ2v) is 10.2. The van der Waals surface area contributed by atoms with Crippen LogP contribution in [0.5, 0.6) is 23.0 Å². The Morgan fingerprint density at radius 3 is 2.20 bits per heavy atom. The van der Waals surface area contributed by atoms with Crippen LogP contribution in [0.15, 0.2) is 48.5 Å². The normalized spacial score (nSPS) is 19.7. The summed E-state index contributed by atoms with van der Waals surface area (Å²) in [6.45, 7) is 0. The maximum Gasteiger partial charge on any atom is 0.536 e. The molecule has 0 radical (unpaired) electrons. The summed E-state index contributed by atoms with van der Waals surface area (Å²) >= 11 is 0. The molecule has 2 heterocycles. The smallest absolute Gasteiger partial charge is 0.505 e. The largest absolute Gasteiger partial charge is 0.536 e. The highest BCUT2D eigenvalue weighted by Gasteiger charge is 2.54. The third-order valence-corrected chi connectivity index (χ3v) is 7.36. The van der Waals surface area contributed by atoms with Crippen LogP contribution in [-0.2, 0) is 23.8 Å². The van der Waals surface area contributed by atoms with Gasteiger partial charge in [-0.05, 0) is 18.2 Å². The summed E-state index contributed by atoms with van der Waals surface area (Å²) in [5, 5.41) is 9.85. The Balaban J connectivity index is 1.73. The SMILES string of the molecule is O=C1OC2(c3cc(F)c(O)cc3Oc3cc(OP(=O)(O)OP(=O)(O)O)c(F)cc32)c2ccccc21. The molecule has 4 N–H and O–H groups in total. The Labute approximate surface area is 193 Å². The first-order valence-electron chi connectivity index (χ1n) is 9.48. The molecule has 5 rings (SSSR count). The molecule has 3 aromatic rings. The fourth-order valence-electron chi connectivity index (χ4n) is 4.02. The van der Waals surface area contributed by atoms with Crippen molar-refractivity contribution < 1.29 is 60.8 Å². The summed E-state index contributed by atoms with van der Waals surface area (Å²) in [6, 6.07) is 9.26. The van der Waals surface area contributed by atoms with Gasteiger partial charge in [0.05, 0.1) is 16.7 Å². The minimum absolute atomic E-state index is 0.0793. The predicted molar refractivity (Wildman–Crippen MR) is 110 cm³/mol. The number of ether oxygens (including phenoxy) is 2. The molecule has 35 heavy (non-hydrogen) atoms. The zero-order valence-corrected chi connectivity index (χ0v) is 18.7. The number of carbonyl (C=O) groups is 1. The number of phenolic OH excluding ortho intramolecular Hbond substituents is 1. The van der Waals surface area contributed by atoms with Gasteiger partial charge in [0.25, 0.3) is 0 Å². The van der Waals surface area contributed by atoms with E-state index in [1.54, 1.807) is 12.1 Å². The summed E-state index contributed by atoms with van der Waals surface area (Å²) in [7, 11) is -11.0. The summed E-state index contributed by atoms with van der Waals surface area (Å²) in [5.41, 5.74) is -1.89. The molecule has 0 amide bonds. The molecule has 0 saturated heterocycles. The van der Waals surface area contributed by atoms with Crippen LogP contribution >= 0.6 is 15.6 Å². The fourth-order valence-corrected chi connectivity index (χ4v) is 5.62. The Kier molecular flexibility index (Phi) is 5.08. The van der Waals surface area contributed by atoms with E-state index < -0.39 is 50.3 Å². The number of phosphoric ester groups is 1. The molecule has 3 aromatic carbocycles. The molecule has 0 saturated carbocycles. The maximum absolute atomic E-state index is 15.1. The van der Waals surface area contributed by atoms with E-state index in [0.29, 0.717) is 0 Å². The summed E-state index contributed by atoms with van der Waals surface area (Å²) in [6.07, 6.45) is 0. The predicted octanol–water partition coefficient (Wildman–Crippen LogP) is 3.83. The number of phenols is 1. The number of fused-ring (bicyclic) bond motifs is 6. The molecule has 2 aliphatic rings. The Hall–Kier alpha value is -3.31. The average Bonchev–Trinajstić information content (AvgIpc) is 3.03. The van der Waals surface area contributed by atoms with Crippen LogP contribution in [0, 0.1) is 11.6 Å². The molecule has 0 fully saturated rings. The van der Waals surface area contributed by atoms with E-state index in [1.807, 2.05) is 0 Å². The van der Waals surface area contributed by atoms with E-state index >= 15 is 4.39 Å². The summed E-state index contributed by atoms with van der Waals surface area (Å²) in [4.78, 5) is 39.8. The van der Waals surface area contributed by atoms with Crippen LogP contribution in [0.25, 0.3) is 0 Å². The number of phosphoric acid groups is 2. The lowest BCUT2D eigenvalue weighted by atomic mass is 9.77. The monoisotopic (exact) mass is 528 g/mol. The van der Waals surface area contributed by atoms with Gasteiger partial charge in [-0.2, -0.15) is 4.31 Å². The van der Waals surface area contributed by atoms with Crippen molar-refractivity contribution >= 4 is 21.6 Å². The van der Waals surface area contributed by atoms with Gasteiger partial charge < -0.3 is 28.9 Å². The molecule has 0 aromatic heterocycles. The average molecular weight is 528 g/mol. The number of hydrogen-bond acceptors (Lipinski definition) is 8. The summed E-state index contributed by atoms with van der Waals surface area (Å²) in [5.74, 6) is -5.55. The van der Waals surface area contributed by atoms with Crippen LogP contribution in [-0.4, -0.2) is 25.8 Å². The molecule has 15 heteroatoms. The van der Waals surface area contributed by atoms with E-state index in [1.165, 1.54) is 12.1 Å². The van der Waals surface area contributed by atoms with Crippen molar-refractivity contribution in [2.24, 2.45) is 0 Å². The molecule has 2 unspecified atom stereocenters. The van der Waals surface area contributed by atoms with E-state index in [9.17, 15) is 28.3 Å². The van der Waals surface area contributed by atoms with Crippen molar-refractivity contribution in [1.82, 2.24) is 0 Å². The lowest BCUT2D eigenvalue weighted by molar-refractivity contribution is 0.0221. The molecule has 0 bridgehead atoms. The van der Waals surface area contributed by atoms with Crippen molar-refractivity contribution in [1.29, 1.82) is 0 Å². The Morgan fingerprint density at radius 2 is 1.51 bits per heavy atom. The number of carbonyl (C=O) groups excluding carboxylic acids is 1. The van der Waals surface area contributed by atoms with Gasteiger partial charge in [-0.25, -0.2) is 22.7 Å². The molecule has 11 nitrogen and oxygen atoms in total. The molecule has 2 atom stereocenters. The van der Waals surface area contributed by atoms with Crippen LogP contribution in [0.2, 0.25) is 0 Å². The van der Waals surface area contributed by atoms with Crippen LogP contribution < -0.4 is 9.26 Å². The Bertz CT molecular complexity index is 1520. The van der Waals surface area contributed by atoms with Gasteiger partial charge >= 0.3 is 21.6 Å². The number of benzene rings is 3. The first kappa shape index (κ1) is 23.4. The molecular weight excluding hydrogens is 516 g/mol. The summed E-state index contributed by atoms with van der Waals surface area (Å²) < 4.78 is 71.7. The standard InChI is InChI=1S/C20H12F2O11P2/c21-13-5-11-16(7-15(13)23)30-17-8-18(32-35(28,29)33-34(25,26)27)14(22)6-12(17)20(11)10-4-2-1-3-9(10)19(24)31-20/h1-8,23H,(H,28,29)(H2,25,26,27). The number of halogens is 2. The van der Waals surface area contributed by atoms with Crippen LogP contribution in [0.1, 0.15) is 27.0 Å². The second kappa shape index (κ2) is 7.59. The number of hydrogen-bond donors (Lipinski definition) is 4. The van der Waals surface area contributed by atoms with Crippen LogP contribution in [0.4, 0.5) is 8.78 Å². The van der Waals surface area contributed by atoms with Gasteiger partial charge in [-0.1, -0.05) is 18.2 Å². The van der Waals surface area contributed by atoms with E-state index in [0.717, 1.165) is 24.3 Å². The van der Waals surface area contributed by atoms with Crippen molar-refractivity contribution in [2.45, 2.75) is 5.60 Å². The maximum atomic E-state index is 15.1. The van der Waals surface area contributed by atoms with Crippen molar-refractivity contribution in [2.75, 3.05) is 0 Å². The molecular formula is C20H12F2O11P2. The lowest BCUT2D eigenvalue weighted by Gasteiger charge is -2.36. The zero-order chi connectivity index (χ0) is 25.3. The van der Waals surface area contributed by atoms with E-state index in [2.05, 4.69) is 8.83 Å². The third kappa shape index (κ3) is 3.79. The molecule has 0 aliphatic carbocycles. The minimum Gasteiger partial charge on any atom is -0.505 e. The molecule has 1 spiro atoms. The van der Waals surface area contributed by atoms with E-state index in [-0.39, 0.29) is 33.8 Å². The van der Waals surface area contributed by atoms with Crippen molar-refractivity contribution in [3.8, 4) is 23.0 Å². The van der Waals surface area contributed by atoms with Gasteiger partial charge in [0.1, 0.15) is 11.5 Å². The van der Waals surface area contributed by atoms with Crippen molar-refractivity contribution in [3.63, 3.8) is 0 Å².